The molecule has 0 radical (unpaired) electrons. The lowest BCUT2D eigenvalue weighted by atomic mass is 10.2. The Morgan fingerprint density at radius 2 is 1.45 bits per heavy atom. The molecule has 0 amide bonds. The second-order valence-electron chi connectivity index (χ2n) is 7.06. The molecule has 0 bridgehead atoms. The molecule has 3 aromatic carbocycles. The molecule has 5 nitrogen and oxygen atoms in total. The van der Waals surface area contributed by atoms with Crippen molar-refractivity contribution < 1.29 is 0 Å². The van der Waals surface area contributed by atoms with Gasteiger partial charge in [-0.1, -0.05) is 70.7 Å². The molecule has 0 aliphatic rings. The van der Waals surface area contributed by atoms with Crippen LogP contribution in [0.25, 0.3) is 28.7 Å². The molecule has 9 heteroatoms. The summed E-state index contributed by atoms with van der Waals surface area (Å²) >= 11 is 24.5. The van der Waals surface area contributed by atoms with Gasteiger partial charge in [-0.3, -0.25) is 0 Å². The molecule has 5 rings (SSSR count). The Hall–Kier alpha value is -2.96. The van der Waals surface area contributed by atoms with Crippen molar-refractivity contribution in [2.24, 2.45) is 4.99 Å². The summed E-state index contributed by atoms with van der Waals surface area (Å²) in [7, 11) is 0. The van der Waals surface area contributed by atoms with Crippen LogP contribution in [-0.2, 0) is 0 Å². The highest BCUT2D eigenvalue weighted by Gasteiger charge is 2.12. The van der Waals surface area contributed by atoms with E-state index in [0.29, 0.717) is 37.1 Å². The fraction of sp³-hybridized carbons (Fsp3) is 0. The van der Waals surface area contributed by atoms with Crippen LogP contribution in [0.5, 0.6) is 0 Å². The fourth-order valence-electron chi connectivity index (χ4n) is 3.26. The summed E-state index contributed by atoms with van der Waals surface area (Å²) in [5, 5.41) is 7.56. The topological polar surface area (TPSA) is 55.4 Å². The van der Waals surface area contributed by atoms with Gasteiger partial charge in [0.1, 0.15) is 0 Å². The van der Waals surface area contributed by atoms with E-state index in [-0.39, 0.29) is 5.95 Å². The van der Waals surface area contributed by atoms with E-state index < -0.39 is 0 Å². The van der Waals surface area contributed by atoms with Gasteiger partial charge in [0.05, 0.1) is 10.5 Å². The molecule has 0 aliphatic carbocycles. The van der Waals surface area contributed by atoms with Crippen molar-refractivity contribution in [2.75, 3.05) is 0 Å². The molecule has 2 aromatic heterocycles. The van der Waals surface area contributed by atoms with Gasteiger partial charge in [0.2, 0.25) is 0 Å². The van der Waals surface area contributed by atoms with E-state index >= 15 is 0 Å². The van der Waals surface area contributed by atoms with Crippen LogP contribution in [0.3, 0.4) is 0 Å². The Bertz CT molecular complexity index is 1570. The Morgan fingerprint density at radius 1 is 0.758 bits per heavy atom. The van der Waals surface area contributed by atoms with Gasteiger partial charge in [0.15, 0.2) is 11.5 Å². The van der Waals surface area contributed by atoms with Crippen molar-refractivity contribution in [3.8, 4) is 0 Å². The highest BCUT2D eigenvalue weighted by Crippen LogP contribution is 2.25. The second kappa shape index (κ2) is 9.12. The Balaban J connectivity index is 1.60. The summed E-state index contributed by atoms with van der Waals surface area (Å²) in [5.41, 5.74) is 2.94. The number of fused-ring (bicyclic) bond motifs is 3. The molecule has 0 aliphatic heterocycles. The van der Waals surface area contributed by atoms with Gasteiger partial charge >= 0.3 is 0 Å². The van der Waals surface area contributed by atoms with E-state index in [1.165, 1.54) is 0 Å². The first kappa shape index (κ1) is 21.9. The van der Waals surface area contributed by atoms with Crippen LogP contribution < -0.4 is 0 Å². The maximum Gasteiger partial charge on any atom is 0.269 e. The standard InChI is InChI=1S/C24H13Cl4N5/c25-16-8-5-14(19(27)11-16)7-10-22-30-21-4-2-1-3-18(21)23-31-24(32-33(22)23)29-13-15-6-9-17(26)12-20(15)28/h1-13H/b10-7+,29-13-. The van der Waals surface area contributed by atoms with Gasteiger partial charge in [-0.05, 0) is 54.1 Å². The summed E-state index contributed by atoms with van der Waals surface area (Å²) in [5.74, 6) is 0.853. The van der Waals surface area contributed by atoms with Crippen molar-refractivity contribution in [3.63, 3.8) is 0 Å². The molecule has 2 heterocycles. The van der Waals surface area contributed by atoms with E-state index in [2.05, 4.69) is 15.1 Å². The number of benzene rings is 3. The normalized spacial score (nSPS) is 12.0. The number of halogens is 4. The minimum Gasteiger partial charge on any atom is -0.228 e. The number of rotatable bonds is 4. The van der Waals surface area contributed by atoms with E-state index in [1.54, 1.807) is 41.1 Å². The third-order valence-corrected chi connectivity index (χ3v) is 5.97. The Kier molecular flexibility index (Phi) is 6.04. The average Bonchev–Trinajstić information content (AvgIpc) is 3.22. The molecule has 0 N–H and O–H groups in total. The van der Waals surface area contributed by atoms with E-state index in [9.17, 15) is 0 Å². The Morgan fingerprint density at radius 3 is 2.18 bits per heavy atom. The highest BCUT2D eigenvalue weighted by atomic mass is 35.5. The van der Waals surface area contributed by atoms with Crippen LogP contribution in [-0.4, -0.2) is 25.8 Å². The first-order chi connectivity index (χ1) is 16.0. The quantitative estimate of drug-likeness (QED) is 0.231. The number of hydrogen-bond donors (Lipinski definition) is 0. The number of aliphatic imine (C=N–C) groups is 1. The van der Waals surface area contributed by atoms with E-state index in [0.717, 1.165) is 16.5 Å². The van der Waals surface area contributed by atoms with Crippen molar-refractivity contribution in [2.45, 2.75) is 0 Å². The maximum atomic E-state index is 6.31. The van der Waals surface area contributed by atoms with Crippen molar-refractivity contribution in [1.82, 2.24) is 19.6 Å². The molecule has 0 fully saturated rings. The first-order valence-electron chi connectivity index (χ1n) is 9.76. The number of nitrogens with zero attached hydrogens (tertiary/aromatic N) is 5. The predicted molar refractivity (Wildman–Crippen MR) is 137 cm³/mol. The van der Waals surface area contributed by atoms with E-state index in [4.69, 9.17) is 51.4 Å². The third kappa shape index (κ3) is 4.59. The summed E-state index contributed by atoms with van der Waals surface area (Å²) in [4.78, 5) is 13.8. The first-order valence-corrected chi connectivity index (χ1v) is 11.3. The smallest absolute Gasteiger partial charge is 0.228 e. The molecule has 0 saturated carbocycles. The number of para-hydroxylation sites is 1. The van der Waals surface area contributed by atoms with Crippen molar-refractivity contribution in [3.05, 3.63) is 97.7 Å². The van der Waals surface area contributed by atoms with Gasteiger partial charge in [-0.15, -0.1) is 5.10 Å². The molecule has 0 spiro atoms. The second-order valence-corrected chi connectivity index (χ2v) is 8.74. The number of aromatic nitrogens is 4. The molecule has 0 unspecified atom stereocenters. The highest BCUT2D eigenvalue weighted by molar-refractivity contribution is 6.36. The Labute approximate surface area is 208 Å². The SMILES string of the molecule is Clc1ccc(/C=N\c2nc3c4ccccc4nc(/C=C/c4ccc(Cl)cc4Cl)n3n2)c(Cl)c1. The molecule has 0 atom stereocenters. The largest absolute Gasteiger partial charge is 0.269 e. The summed E-state index contributed by atoms with van der Waals surface area (Å²) in [6.45, 7) is 0. The fourth-order valence-corrected chi connectivity index (χ4v) is 4.19. The predicted octanol–water partition coefficient (Wildman–Crippen LogP) is 7.81. The monoisotopic (exact) mass is 511 g/mol. The van der Waals surface area contributed by atoms with E-state index in [1.807, 2.05) is 42.5 Å². The lowest BCUT2D eigenvalue weighted by molar-refractivity contribution is 0.918. The van der Waals surface area contributed by atoms with Gasteiger partial charge in [0.25, 0.3) is 5.95 Å². The molecular formula is C24H13Cl4N5. The van der Waals surface area contributed by atoms with Gasteiger partial charge in [-0.25, -0.2) is 9.98 Å². The zero-order valence-corrected chi connectivity index (χ0v) is 19.8. The van der Waals surface area contributed by atoms with Crippen LogP contribution in [0.15, 0.2) is 65.7 Å². The average molecular weight is 513 g/mol. The molecule has 33 heavy (non-hydrogen) atoms. The zero-order chi connectivity index (χ0) is 22.9. The third-order valence-electron chi connectivity index (χ3n) is 4.85. The molecule has 5 aromatic rings. The zero-order valence-electron chi connectivity index (χ0n) is 16.8. The van der Waals surface area contributed by atoms with Crippen molar-refractivity contribution in [1.29, 1.82) is 0 Å². The molecular weight excluding hydrogens is 500 g/mol. The van der Waals surface area contributed by atoms with Gasteiger partial charge in [-0.2, -0.15) is 9.50 Å². The summed E-state index contributed by atoms with van der Waals surface area (Å²) < 4.78 is 1.65. The van der Waals surface area contributed by atoms with Crippen LogP contribution in [0.4, 0.5) is 5.95 Å². The van der Waals surface area contributed by atoms with Gasteiger partial charge < -0.3 is 0 Å². The maximum absolute atomic E-state index is 6.31. The minimum atomic E-state index is 0.276. The van der Waals surface area contributed by atoms with Crippen LogP contribution in [0, 0.1) is 0 Å². The molecule has 0 saturated heterocycles. The molecule has 162 valence electrons. The van der Waals surface area contributed by atoms with Crippen LogP contribution in [0.1, 0.15) is 17.0 Å². The van der Waals surface area contributed by atoms with Crippen LogP contribution >= 0.6 is 46.4 Å². The minimum absolute atomic E-state index is 0.276. The van der Waals surface area contributed by atoms with Crippen molar-refractivity contribution >= 4 is 87.3 Å². The van der Waals surface area contributed by atoms with Gasteiger partial charge in [0, 0.05) is 32.2 Å². The summed E-state index contributed by atoms with van der Waals surface area (Å²) in [6.07, 6.45) is 5.28. The lowest BCUT2D eigenvalue weighted by Gasteiger charge is -2.03. The lowest BCUT2D eigenvalue weighted by Crippen LogP contribution is -1.98. The number of hydrogen-bond acceptors (Lipinski definition) is 4. The summed E-state index contributed by atoms with van der Waals surface area (Å²) in [6, 6.07) is 18.2. The van der Waals surface area contributed by atoms with Crippen LogP contribution in [0.2, 0.25) is 20.1 Å².